The Kier molecular flexibility index (Phi) is 8.11. The molecule has 0 aromatic heterocycles. The van der Waals surface area contributed by atoms with Gasteiger partial charge >= 0.3 is 0 Å². The van der Waals surface area contributed by atoms with Crippen LogP contribution in [0.2, 0.25) is 0 Å². The van der Waals surface area contributed by atoms with Gasteiger partial charge in [0.1, 0.15) is 11.5 Å². The summed E-state index contributed by atoms with van der Waals surface area (Å²) in [5, 5.41) is 2.48. The first-order chi connectivity index (χ1) is 30.1. The van der Waals surface area contributed by atoms with Crippen LogP contribution < -0.4 is 4.74 Å². The van der Waals surface area contributed by atoms with Gasteiger partial charge in [0.25, 0.3) is 0 Å². The van der Waals surface area contributed by atoms with E-state index in [0.717, 1.165) is 62.0 Å². The van der Waals surface area contributed by atoms with Crippen molar-refractivity contribution in [2.45, 2.75) is 18.4 Å². The minimum atomic E-state index is -0.558. The number of aliphatic imine (C=N–C) groups is 2. The van der Waals surface area contributed by atoms with Crippen molar-refractivity contribution in [1.82, 2.24) is 0 Å². The zero-order valence-electron chi connectivity index (χ0n) is 33.7. The van der Waals surface area contributed by atoms with Crippen LogP contribution in [0.15, 0.2) is 222 Å². The number of ether oxygens (including phenoxy) is 1. The molecule has 9 aromatic carbocycles. The van der Waals surface area contributed by atoms with Crippen molar-refractivity contribution in [3.05, 3.63) is 251 Å². The number of rotatable bonds is 5. The largest absolute Gasteiger partial charge is 0.457 e. The third-order valence-corrected chi connectivity index (χ3v) is 13.1. The van der Waals surface area contributed by atoms with Crippen LogP contribution in [0.5, 0.6) is 11.5 Å². The standard InChI is InChI=1S/C58H40N2O/c1-37-55(38-16-4-2-5-17-38)59-57(60-56(37)39-18-6-3-7-19-39)46-25-15-24-42(33-46)40-22-14-23-41(32-40)45-30-31-54-52(36-45)58(50-28-12-13-29-53(50)61-54)49-27-11-10-26-47(49)48-34-43-20-8-9-21-44(43)35-51(48)58/h2-37,55H,1H3/t37-,55?,58?/m1/s1. The second kappa shape index (κ2) is 14.0. The maximum atomic E-state index is 6.79. The third kappa shape index (κ3) is 5.58. The first kappa shape index (κ1) is 35.3. The zero-order chi connectivity index (χ0) is 40.5. The number of hydrogen-bond acceptors (Lipinski definition) is 3. The Morgan fingerprint density at radius 3 is 1.75 bits per heavy atom. The molecule has 2 unspecified atom stereocenters. The van der Waals surface area contributed by atoms with Gasteiger partial charge in [-0.1, -0.05) is 177 Å². The van der Waals surface area contributed by atoms with Crippen molar-refractivity contribution in [3.8, 4) is 44.9 Å². The first-order valence-electron chi connectivity index (χ1n) is 21.2. The fourth-order valence-electron chi connectivity index (χ4n) is 10.2. The molecule has 0 N–H and O–H groups in total. The van der Waals surface area contributed by atoms with Crippen LogP contribution in [0.1, 0.15) is 51.9 Å². The molecule has 12 rings (SSSR count). The number of amidine groups is 1. The minimum Gasteiger partial charge on any atom is -0.457 e. The predicted molar refractivity (Wildman–Crippen MR) is 250 cm³/mol. The van der Waals surface area contributed by atoms with Crippen LogP contribution in [0, 0.1) is 5.92 Å². The zero-order valence-corrected chi connectivity index (χ0v) is 33.7. The molecule has 9 aromatic rings. The van der Waals surface area contributed by atoms with Gasteiger partial charge in [0.15, 0.2) is 5.84 Å². The fourth-order valence-corrected chi connectivity index (χ4v) is 10.2. The van der Waals surface area contributed by atoms with Gasteiger partial charge in [0, 0.05) is 22.6 Å². The molecule has 3 nitrogen and oxygen atoms in total. The Balaban J connectivity index is 0.980. The molecule has 3 heteroatoms. The molecule has 1 aliphatic carbocycles. The van der Waals surface area contributed by atoms with Gasteiger partial charge in [-0.05, 0) is 109 Å². The van der Waals surface area contributed by atoms with Gasteiger partial charge in [0.2, 0.25) is 0 Å². The number of fused-ring (bicyclic) bond motifs is 10. The molecule has 0 bridgehead atoms. The number of nitrogens with zero attached hydrogens (tertiary/aromatic N) is 2. The summed E-state index contributed by atoms with van der Waals surface area (Å²) in [6.45, 7) is 2.24. The normalized spacial score (nSPS) is 18.3. The highest BCUT2D eigenvalue weighted by atomic mass is 16.5. The lowest BCUT2D eigenvalue weighted by Crippen LogP contribution is -2.32. The second-order valence-electron chi connectivity index (χ2n) is 16.5. The van der Waals surface area contributed by atoms with E-state index in [4.69, 9.17) is 14.7 Å². The maximum absolute atomic E-state index is 6.79. The summed E-state index contributed by atoms with van der Waals surface area (Å²) in [5.74, 6) is 2.66. The molecule has 0 amide bonds. The monoisotopic (exact) mass is 780 g/mol. The lowest BCUT2D eigenvalue weighted by atomic mass is 9.65. The molecule has 3 aliphatic rings. The molecular formula is C58H40N2O. The van der Waals surface area contributed by atoms with Crippen molar-refractivity contribution in [2.75, 3.05) is 0 Å². The van der Waals surface area contributed by atoms with Crippen molar-refractivity contribution in [2.24, 2.45) is 15.9 Å². The molecule has 0 saturated carbocycles. The van der Waals surface area contributed by atoms with Crippen molar-refractivity contribution < 1.29 is 4.74 Å². The maximum Gasteiger partial charge on any atom is 0.155 e. The highest BCUT2D eigenvalue weighted by Crippen LogP contribution is 2.62. The van der Waals surface area contributed by atoms with Gasteiger partial charge in [-0.2, -0.15) is 0 Å². The van der Waals surface area contributed by atoms with Gasteiger partial charge in [-0.25, -0.2) is 4.99 Å². The van der Waals surface area contributed by atoms with E-state index < -0.39 is 5.41 Å². The quantitative estimate of drug-likeness (QED) is 0.171. The van der Waals surface area contributed by atoms with Crippen molar-refractivity contribution in [3.63, 3.8) is 0 Å². The van der Waals surface area contributed by atoms with E-state index in [1.54, 1.807) is 0 Å². The summed E-state index contributed by atoms with van der Waals surface area (Å²) in [5.41, 5.74) is 15.8. The molecule has 2 aliphatic heterocycles. The molecule has 0 radical (unpaired) electrons. The summed E-state index contributed by atoms with van der Waals surface area (Å²) in [7, 11) is 0. The van der Waals surface area contributed by atoms with E-state index in [1.807, 2.05) is 0 Å². The summed E-state index contributed by atoms with van der Waals surface area (Å²) in [4.78, 5) is 10.6. The molecular weight excluding hydrogens is 741 g/mol. The molecule has 288 valence electrons. The van der Waals surface area contributed by atoms with E-state index >= 15 is 0 Å². The van der Waals surface area contributed by atoms with Crippen LogP contribution in [0.4, 0.5) is 0 Å². The third-order valence-electron chi connectivity index (χ3n) is 13.1. The Morgan fingerprint density at radius 2 is 0.984 bits per heavy atom. The highest BCUT2D eigenvalue weighted by molar-refractivity contribution is 6.15. The van der Waals surface area contributed by atoms with Crippen LogP contribution >= 0.6 is 0 Å². The first-order valence-corrected chi connectivity index (χ1v) is 21.2. The smallest absolute Gasteiger partial charge is 0.155 e. The number of hydrogen-bond donors (Lipinski definition) is 0. The van der Waals surface area contributed by atoms with Gasteiger partial charge in [-0.15, -0.1) is 0 Å². The Labute approximate surface area is 356 Å². The molecule has 3 atom stereocenters. The molecule has 61 heavy (non-hydrogen) atoms. The SMILES string of the molecule is C[C@H]1C(c2ccccc2)=NC(c2cccc(-c3cccc(-c4ccc5c(c4)C4(c6ccccc6O5)c5ccccc5-c5cc6ccccc6cc54)c3)c2)=NC1c1ccccc1. The summed E-state index contributed by atoms with van der Waals surface area (Å²) in [6.07, 6.45) is 0. The van der Waals surface area contributed by atoms with Gasteiger partial charge in [0.05, 0.1) is 17.2 Å². The molecule has 0 saturated heterocycles. The van der Waals surface area contributed by atoms with Gasteiger partial charge < -0.3 is 4.74 Å². The van der Waals surface area contributed by atoms with Crippen molar-refractivity contribution >= 4 is 22.3 Å². The van der Waals surface area contributed by atoms with E-state index in [0.29, 0.717) is 0 Å². The molecule has 0 fully saturated rings. The average Bonchev–Trinajstić information content (AvgIpc) is 3.60. The van der Waals surface area contributed by atoms with E-state index in [9.17, 15) is 0 Å². The van der Waals surface area contributed by atoms with Crippen LogP contribution in [-0.2, 0) is 5.41 Å². The number of benzene rings is 9. The second-order valence-corrected chi connectivity index (χ2v) is 16.5. The lowest BCUT2D eigenvalue weighted by Gasteiger charge is -2.39. The molecule has 2 heterocycles. The summed E-state index contributed by atoms with van der Waals surface area (Å²) in [6, 6.07) is 76.5. The topological polar surface area (TPSA) is 34.0 Å². The summed E-state index contributed by atoms with van der Waals surface area (Å²) < 4.78 is 6.79. The van der Waals surface area contributed by atoms with E-state index in [2.05, 4.69) is 219 Å². The average molecular weight is 781 g/mol. The van der Waals surface area contributed by atoms with E-state index in [1.165, 1.54) is 44.2 Å². The van der Waals surface area contributed by atoms with Crippen LogP contribution in [-0.4, -0.2) is 11.5 Å². The van der Waals surface area contributed by atoms with E-state index in [-0.39, 0.29) is 12.0 Å². The highest BCUT2D eigenvalue weighted by Gasteiger charge is 2.51. The summed E-state index contributed by atoms with van der Waals surface area (Å²) >= 11 is 0. The van der Waals surface area contributed by atoms with Crippen molar-refractivity contribution in [1.29, 1.82) is 0 Å². The van der Waals surface area contributed by atoms with Crippen LogP contribution in [0.3, 0.4) is 0 Å². The predicted octanol–water partition coefficient (Wildman–Crippen LogP) is 14.3. The fraction of sp³-hybridized carbons (Fsp3) is 0.0690. The number of para-hydroxylation sites is 1. The Morgan fingerprint density at radius 1 is 0.410 bits per heavy atom. The van der Waals surface area contributed by atoms with Gasteiger partial charge in [-0.3, -0.25) is 4.99 Å². The Bertz CT molecular complexity index is 3260. The minimum absolute atomic E-state index is 0.0448. The lowest BCUT2D eigenvalue weighted by molar-refractivity contribution is 0.436. The molecule has 1 spiro atoms. The van der Waals surface area contributed by atoms with Crippen LogP contribution in [0.25, 0.3) is 44.2 Å². The Hall–Kier alpha value is -7.62.